The van der Waals surface area contributed by atoms with Gasteiger partial charge in [-0.2, -0.15) is 0 Å². The Bertz CT molecular complexity index is 469. The van der Waals surface area contributed by atoms with Crippen LogP contribution in [0.1, 0.15) is 26.3 Å². The first-order chi connectivity index (χ1) is 10.4. The van der Waals surface area contributed by atoms with Gasteiger partial charge in [-0.1, -0.05) is 26.0 Å². The van der Waals surface area contributed by atoms with Gasteiger partial charge in [-0.05, 0) is 24.6 Å². The molecule has 0 fully saturated rings. The van der Waals surface area contributed by atoms with Gasteiger partial charge in [0.1, 0.15) is 5.75 Å². The second-order valence-electron chi connectivity index (χ2n) is 6.04. The van der Waals surface area contributed by atoms with E-state index in [9.17, 15) is 0 Å². The molecule has 5 heteroatoms. The van der Waals surface area contributed by atoms with Crippen LogP contribution in [0, 0.1) is 0 Å². The van der Waals surface area contributed by atoms with Gasteiger partial charge < -0.3 is 20.1 Å². The molecule has 124 valence electrons. The lowest BCUT2D eigenvalue weighted by atomic mass is 9.84. The van der Waals surface area contributed by atoms with Crippen LogP contribution in [-0.2, 0) is 10.2 Å². The van der Waals surface area contributed by atoms with Crippen LogP contribution in [-0.4, -0.2) is 46.4 Å². The number of aliphatic imine (C=N–C) groups is 1. The molecule has 1 aromatic carbocycles. The molecule has 0 saturated heterocycles. The van der Waals surface area contributed by atoms with Crippen molar-refractivity contribution in [2.75, 3.05) is 34.4 Å². The van der Waals surface area contributed by atoms with Crippen LogP contribution in [0.5, 0.6) is 5.75 Å². The summed E-state index contributed by atoms with van der Waals surface area (Å²) in [7, 11) is 5.15. The Morgan fingerprint density at radius 3 is 2.36 bits per heavy atom. The first-order valence-corrected chi connectivity index (χ1v) is 7.53. The second-order valence-corrected chi connectivity index (χ2v) is 6.04. The monoisotopic (exact) mass is 307 g/mol. The maximum atomic E-state index is 5.21. The van der Waals surface area contributed by atoms with E-state index < -0.39 is 0 Å². The summed E-state index contributed by atoms with van der Waals surface area (Å²) < 4.78 is 10.3. The van der Waals surface area contributed by atoms with Gasteiger partial charge >= 0.3 is 0 Å². The van der Waals surface area contributed by atoms with Crippen molar-refractivity contribution in [3.63, 3.8) is 0 Å². The minimum Gasteiger partial charge on any atom is -0.497 e. The Morgan fingerprint density at radius 2 is 1.86 bits per heavy atom. The zero-order chi connectivity index (χ0) is 16.6. The van der Waals surface area contributed by atoms with Gasteiger partial charge in [0.25, 0.3) is 0 Å². The predicted octanol–water partition coefficient (Wildman–Crippen LogP) is 2.17. The Kier molecular flexibility index (Phi) is 7.18. The van der Waals surface area contributed by atoms with E-state index in [1.54, 1.807) is 21.3 Å². The van der Waals surface area contributed by atoms with E-state index in [-0.39, 0.29) is 11.5 Å². The second kappa shape index (κ2) is 8.63. The van der Waals surface area contributed by atoms with Crippen molar-refractivity contribution in [1.29, 1.82) is 0 Å². The summed E-state index contributed by atoms with van der Waals surface area (Å²) in [5.74, 6) is 1.66. The molecule has 0 radical (unpaired) electrons. The standard InChI is InChI=1S/C17H29N3O2/c1-13(11-21-5)20-16(18-4)19-12-17(2,3)14-7-9-15(22-6)10-8-14/h7-10,13H,11-12H2,1-6H3,(H2,18,19,20). The quantitative estimate of drug-likeness (QED) is 0.599. The summed E-state index contributed by atoms with van der Waals surface area (Å²) >= 11 is 0. The van der Waals surface area contributed by atoms with Crippen molar-refractivity contribution in [2.24, 2.45) is 4.99 Å². The normalized spacial score (nSPS) is 13.6. The highest BCUT2D eigenvalue weighted by Crippen LogP contribution is 2.24. The van der Waals surface area contributed by atoms with Gasteiger partial charge in [-0.3, -0.25) is 4.99 Å². The molecule has 0 heterocycles. The lowest BCUT2D eigenvalue weighted by Gasteiger charge is -2.27. The number of nitrogens with one attached hydrogen (secondary N) is 2. The van der Waals surface area contributed by atoms with Crippen molar-refractivity contribution in [3.8, 4) is 5.75 Å². The Labute approximate surface area is 134 Å². The first-order valence-electron chi connectivity index (χ1n) is 7.53. The summed E-state index contributed by atoms with van der Waals surface area (Å²) in [5, 5.41) is 6.68. The summed E-state index contributed by atoms with van der Waals surface area (Å²) in [4.78, 5) is 4.25. The van der Waals surface area contributed by atoms with E-state index >= 15 is 0 Å². The molecule has 1 aromatic rings. The van der Waals surface area contributed by atoms with Gasteiger partial charge in [0, 0.05) is 32.2 Å². The van der Waals surface area contributed by atoms with E-state index in [2.05, 4.69) is 48.5 Å². The van der Waals surface area contributed by atoms with Crippen molar-refractivity contribution >= 4 is 5.96 Å². The SMILES string of the molecule is CN=C(NCC(C)(C)c1ccc(OC)cc1)NC(C)COC. The molecule has 0 aliphatic carbocycles. The molecule has 0 spiro atoms. The van der Waals surface area contributed by atoms with Crippen LogP contribution < -0.4 is 15.4 Å². The number of ether oxygens (including phenoxy) is 2. The minimum absolute atomic E-state index is 0.0195. The molecule has 1 rings (SSSR count). The van der Waals surface area contributed by atoms with E-state index in [1.807, 2.05) is 12.1 Å². The van der Waals surface area contributed by atoms with E-state index in [0.717, 1.165) is 18.3 Å². The number of guanidine groups is 1. The molecule has 2 N–H and O–H groups in total. The Morgan fingerprint density at radius 1 is 1.23 bits per heavy atom. The fourth-order valence-electron chi connectivity index (χ4n) is 2.17. The zero-order valence-electron chi connectivity index (χ0n) is 14.6. The molecular weight excluding hydrogens is 278 g/mol. The summed E-state index contributed by atoms with van der Waals surface area (Å²) in [6.07, 6.45) is 0. The van der Waals surface area contributed by atoms with Gasteiger partial charge in [0.2, 0.25) is 0 Å². The number of rotatable bonds is 7. The van der Waals surface area contributed by atoms with E-state index in [1.165, 1.54) is 5.56 Å². The fraction of sp³-hybridized carbons (Fsp3) is 0.588. The average molecular weight is 307 g/mol. The summed E-state index contributed by atoms with van der Waals surface area (Å²) in [6.45, 7) is 7.88. The van der Waals surface area contributed by atoms with Crippen LogP contribution >= 0.6 is 0 Å². The Hall–Kier alpha value is -1.75. The molecule has 0 aliphatic rings. The highest BCUT2D eigenvalue weighted by molar-refractivity contribution is 5.80. The largest absolute Gasteiger partial charge is 0.497 e. The number of nitrogens with zero attached hydrogens (tertiary/aromatic N) is 1. The summed E-state index contributed by atoms with van der Waals surface area (Å²) in [5.41, 5.74) is 1.23. The molecule has 1 atom stereocenters. The van der Waals surface area contributed by atoms with Gasteiger partial charge in [0.15, 0.2) is 5.96 Å². The van der Waals surface area contributed by atoms with Gasteiger partial charge in [-0.25, -0.2) is 0 Å². The number of benzene rings is 1. The third kappa shape index (κ3) is 5.56. The van der Waals surface area contributed by atoms with Crippen LogP contribution in [0.25, 0.3) is 0 Å². The molecule has 0 saturated carbocycles. The highest BCUT2D eigenvalue weighted by atomic mass is 16.5. The molecule has 5 nitrogen and oxygen atoms in total. The maximum absolute atomic E-state index is 5.21. The van der Waals surface area contributed by atoms with Crippen LogP contribution in [0.4, 0.5) is 0 Å². The van der Waals surface area contributed by atoms with Crippen LogP contribution in [0.3, 0.4) is 0 Å². The van der Waals surface area contributed by atoms with Crippen LogP contribution in [0.15, 0.2) is 29.3 Å². The predicted molar refractivity (Wildman–Crippen MR) is 91.9 cm³/mol. The van der Waals surface area contributed by atoms with Crippen LogP contribution in [0.2, 0.25) is 0 Å². The molecule has 0 aromatic heterocycles. The zero-order valence-corrected chi connectivity index (χ0v) is 14.6. The molecular formula is C17H29N3O2. The number of methoxy groups -OCH3 is 2. The molecule has 0 aliphatic heterocycles. The maximum Gasteiger partial charge on any atom is 0.191 e. The van der Waals surface area contributed by atoms with Gasteiger partial charge in [-0.15, -0.1) is 0 Å². The van der Waals surface area contributed by atoms with Gasteiger partial charge in [0.05, 0.1) is 13.7 Å². The minimum atomic E-state index is -0.0195. The fourth-order valence-corrected chi connectivity index (χ4v) is 2.17. The first kappa shape index (κ1) is 18.3. The number of hydrogen-bond acceptors (Lipinski definition) is 3. The lowest BCUT2D eigenvalue weighted by Crippen LogP contribution is -2.47. The van der Waals surface area contributed by atoms with Crippen molar-refractivity contribution in [2.45, 2.75) is 32.2 Å². The summed E-state index contributed by atoms with van der Waals surface area (Å²) in [6, 6.07) is 8.39. The smallest absolute Gasteiger partial charge is 0.191 e. The van der Waals surface area contributed by atoms with E-state index in [4.69, 9.17) is 9.47 Å². The highest BCUT2D eigenvalue weighted by Gasteiger charge is 2.21. The van der Waals surface area contributed by atoms with Crippen molar-refractivity contribution < 1.29 is 9.47 Å². The molecule has 0 amide bonds. The molecule has 1 unspecified atom stereocenters. The topological polar surface area (TPSA) is 54.9 Å². The molecule has 22 heavy (non-hydrogen) atoms. The third-order valence-corrected chi connectivity index (χ3v) is 3.59. The number of hydrogen-bond donors (Lipinski definition) is 2. The Balaban J connectivity index is 2.62. The third-order valence-electron chi connectivity index (χ3n) is 3.59. The lowest BCUT2D eigenvalue weighted by molar-refractivity contribution is 0.179. The van der Waals surface area contributed by atoms with Crippen molar-refractivity contribution in [1.82, 2.24) is 10.6 Å². The average Bonchev–Trinajstić information content (AvgIpc) is 2.51. The molecule has 0 bridgehead atoms. The van der Waals surface area contributed by atoms with E-state index in [0.29, 0.717) is 6.61 Å². The van der Waals surface area contributed by atoms with Crippen molar-refractivity contribution in [3.05, 3.63) is 29.8 Å².